The van der Waals surface area contributed by atoms with E-state index in [1.807, 2.05) is 0 Å². The van der Waals surface area contributed by atoms with E-state index in [-0.39, 0.29) is 51.4 Å². The molecule has 4 heteroatoms. The van der Waals surface area contributed by atoms with Crippen molar-refractivity contribution in [2.24, 2.45) is 0 Å². The molecule has 19 heavy (non-hydrogen) atoms. The van der Waals surface area contributed by atoms with Gasteiger partial charge < -0.3 is 4.65 Å². The zero-order chi connectivity index (χ0) is 14.9. The van der Waals surface area contributed by atoms with Gasteiger partial charge in [-0.2, -0.15) is 0 Å². The Labute approximate surface area is 167 Å². The predicted molar refractivity (Wildman–Crippen MR) is 91.6 cm³/mol. The van der Waals surface area contributed by atoms with Crippen LogP contribution in [0.2, 0.25) is 34.8 Å². The van der Waals surface area contributed by atoms with Crippen molar-refractivity contribution in [3.63, 3.8) is 0 Å². The van der Waals surface area contributed by atoms with Crippen molar-refractivity contribution in [1.82, 2.24) is 0 Å². The van der Waals surface area contributed by atoms with Gasteiger partial charge in [-0.3, -0.25) is 0 Å². The molecule has 0 aliphatic heterocycles. The van der Waals surface area contributed by atoms with Crippen LogP contribution < -0.4 is 51.4 Å². The zero-order valence-electron chi connectivity index (χ0n) is 15.7. The van der Waals surface area contributed by atoms with Gasteiger partial charge in [-0.25, -0.2) is 0 Å². The van der Waals surface area contributed by atoms with Gasteiger partial charge in [0, 0.05) is 0 Å². The quantitative estimate of drug-likeness (QED) is 0.686. The van der Waals surface area contributed by atoms with Crippen LogP contribution in [0.25, 0.3) is 4.65 Å². The molecule has 0 heterocycles. The van der Waals surface area contributed by atoms with Crippen molar-refractivity contribution in [3.8, 4) is 0 Å². The summed E-state index contributed by atoms with van der Waals surface area (Å²) in [5.41, 5.74) is 2.23. The van der Waals surface area contributed by atoms with Gasteiger partial charge in [0.2, 0.25) is 0 Å². The molecule has 0 aromatic heterocycles. The molecule has 0 saturated heterocycles. The van der Waals surface area contributed by atoms with Crippen molar-refractivity contribution in [2.45, 2.75) is 97.1 Å². The average Bonchev–Trinajstić information content (AvgIpc) is 2.10. The molecule has 0 bridgehead atoms. The van der Waals surface area contributed by atoms with Gasteiger partial charge in [-0.15, -0.1) is 0 Å². The average molecular weight is 326 g/mol. The van der Waals surface area contributed by atoms with E-state index < -0.39 is 16.5 Å². The van der Waals surface area contributed by atoms with Crippen molar-refractivity contribution in [1.29, 1.82) is 0 Å². The molecule has 0 unspecified atom stereocenters. The van der Waals surface area contributed by atoms with Crippen LogP contribution in [-0.2, 0) is 0 Å². The van der Waals surface area contributed by atoms with Crippen LogP contribution in [0.3, 0.4) is 0 Å². The number of rotatable bonds is 5. The van der Waals surface area contributed by atoms with E-state index in [2.05, 4.69) is 75.4 Å². The zero-order valence-corrected chi connectivity index (χ0v) is 20.8. The first-order chi connectivity index (χ1) is 7.79. The molecule has 0 spiro atoms. The van der Waals surface area contributed by atoms with Crippen LogP contribution in [0.15, 0.2) is 0 Å². The van der Waals surface area contributed by atoms with E-state index in [1.54, 1.807) is 0 Å². The number of hydrogen-bond donors (Lipinski definition) is 0. The second-order valence-corrected chi connectivity index (χ2v) is 19.0. The topological polar surface area (TPSA) is 14.1 Å². The Balaban J connectivity index is 0. The molecule has 0 atom stereocenters. The Bertz CT molecular complexity index is 246. The molecule has 1 nitrogen and oxygen atoms in total. The third-order valence-electron chi connectivity index (χ3n) is 5.08. The minimum atomic E-state index is -1.59. The van der Waals surface area contributed by atoms with Crippen LogP contribution in [0.4, 0.5) is 0 Å². The fourth-order valence-corrected chi connectivity index (χ4v) is 15.4. The Kier molecular flexibility index (Phi) is 9.86. The van der Waals surface area contributed by atoms with E-state index >= 15 is 0 Å². The molecule has 0 aromatic carbocycles. The van der Waals surface area contributed by atoms with Crippen LogP contribution in [0.5, 0.6) is 0 Å². The third kappa shape index (κ3) is 5.31. The normalized spacial score (nSPS) is 14.2. The van der Waals surface area contributed by atoms with Gasteiger partial charge in [0.1, 0.15) is 0 Å². The second-order valence-electron chi connectivity index (χ2n) is 8.27. The first kappa shape index (κ1) is 23.3. The summed E-state index contributed by atoms with van der Waals surface area (Å²) >= 11 is 0. The molecular weight excluding hydrogens is 289 g/mol. The van der Waals surface area contributed by atoms with Crippen molar-refractivity contribution >= 4 is 16.5 Å². The van der Waals surface area contributed by atoms with Gasteiger partial charge >= 0.3 is 51.4 Å². The van der Waals surface area contributed by atoms with Crippen LogP contribution in [-0.4, -0.2) is 16.5 Å². The summed E-state index contributed by atoms with van der Waals surface area (Å²) in [6, 6.07) is 0. The smallest absolute Gasteiger partial charge is 0.666 e. The molecule has 0 N–H and O–H groups in total. The molecule has 0 saturated carbocycles. The molecule has 0 amide bonds. The molecule has 0 aliphatic rings. The van der Waals surface area contributed by atoms with Crippen molar-refractivity contribution < 1.29 is 51.4 Å². The fourth-order valence-electron chi connectivity index (χ4n) is 3.04. The largest absolute Gasteiger partial charge is 1.00 e. The van der Waals surface area contributed by atoms with Gasteiger partial charge in [-0.1, -0.05) is 105 Å². The van der Waals surface area contributed by atoms with Crippen LogP contribution in [0, 0.1) is 0 Å². The van der Waals surface area contributed by atoms with Gasteiger partial charge in [0.15, 0.2) is 0 Å². The van der Waals surface area contributed by atoms with Crippen LogP contribution >= 0.6 is 0 Å². The monoisotopic (exact) mass is 325 g/mol. The number of hydrogen-bond acceptors (Lipinski definition) is 0. The Morgan fingerprint density at radius 3 is 1.16 bits per heavy atom. The summed E-state index contributed by atoms with van der Waals surface area (Å²) in [6.07, 6.45) is 0. The van der Waals surface area contributed by atoms with E-state index in [1.165, 1.54) is 0 Å². The molecular formula is C15H36KNSi2. The minimum absolute atomic E-state index is 0. The summed E-state index contributed by atoms with van der Waals surface area (Å²) in [4.78, 5) is 0. The maximum absolute atomic E-state index is 5.69. The summed E-state index contributed by atoms with van der Waals surface area (Å²) < 4.78 is 5.69. The Hall–Kier alpha value is 2.03. The van der Waals surface area contributed by atoms with Crippen LogP contribution in [0.1, 0.15) is 62.3 Å². The summed E-state index contributed by atoms with van der Waals surface area (Å²) in [6.45, 7) is 26.5. The maximum Gasteiger partial charge on any atom is 1.00 e. The van der Waals surface area contributed by atoms with Gasteiger partial charge in [0.25, 0.3) is 0 Å². The van der Waals surface area contributed by atoms with Gasteiger partial charge in [-0.05, 0) is 8.24 Å². The van der Waals surface area contributed by atoms with E-state index in [9.17, 15) is 0 Å². The van der Waals surface area contributed by atoms with E-state index in [0.717, 1.165) is 16.6 Å². The SMILES string of the molecule is CC(C)[Si]([N-][Si](C)(C)C(C)(C)C)(C(C)C)C(C)C.[K+]. The minimum Gasteiger partial charge on any atom is -0.666 e. The van der Waals surface area contributed by atoms with Gasteiger partial charge in [0.05, 0.1) is 0 Å². The second kappa shape index (κ2) is 8.04. The Morgan fingerprint density at radius 1 is 0.737 bits per heavy atom. The molecule has 110 valence electrons. The first-order valence-electron chi connectivity index (χ1n) is 7.53. The summed E-state index contributed by atoms with van der Waals surface area (Å²) in [5, 5.41) is 0.365. The standard InChI is InChI=1S/C15H36NSi2.K/c1-12(2)18(13(3)4,14(5)6)16-17(10,11)15(7,8)9;/h12-14H,1-11H3;/q-1;+1. The molecule has 0 rings (SSSR count). The summed E-state index contributed by atoms with van der Waals surface area (Å²) in [7, 11) is -3.13. The summed E-state index contributed by atoms with van der Waals surface area (Å²) in [5.74, 6) is 0. The number of nitrogens with zero attached hydrogens (tertiary/aromatic N) is 1. The molecule has 0 radical (unpaired) electrons. The molecule has 0 aliphatic carbocycles. The molecule has 0 fully saturated rings. The van der Waals surface area contributed by atoms with Crippen molar-refractivity contribution in [2.75, 3.05) is 0 Å². The van der Waals surface area contributed by atoms with Crippen molar-refractivity contribution in [3.05, 3.63) is 4.65 Å². The first-order valence-corrected chi connectivity index (χ1v) is 12.7. The fraction of sp³-hybridized carbons (Fsp3) is 1.00. The predicted octanol–water partition coefficient (Wildman–Crippen LogP) is 3.54. The van der Waals surface area contributed by atoms with E-state index in [4.69, 9.17) is 4.65 Å². The Morgan fingerprint density at radius 2 is 1.00 bits per heavy atom. The van der Waals surface area contributed by atoms with E-state index in [0.29, 0.717) is 5.04 Å². The third-order valence-corrected chi connectivity index (χ3v) is 18.1. The molecule has 0 aromatic rings. The maximum atomic E-state index is 5.69.